The minimum Gasteiger partial charge on any atom is -0.478 e. The maximum absolute atomic E-state index is 11.5. The summed E-state index contributed by atoms with van der Waals surface area (Å²) in [7, 11) is 1.35. The van der Waals surface area contributed by atoms with Crippen LogP contribution in [-0.4, -0.2) is 60.1 Å². The first-order chi connectivity index (χ1) is 9.22. The highest BCUT2D eigenvalue weighted by Gasteiger charge is 2.16. The highest BCUT2D eigenvalue weighted by atomic mass is 16.5. The monoisotopic (exact) mass is 287 g/mol. The van der Waals surface area contributed by atoms with Crippen LogP contribution in [0.4, 0.5) is 0 Å². The predicted molar refractivity (Wildman–Crippen MR) is 66.6 cm³/mol. The SMILES string of the molecule is CC(C)OC(=O)CN(C)C(=O)COC(=O)/C=C/C(=O)O. The summed E-state index contributed by atoms with van der Waals surface area (Å²) < 4.78 is 9.35. The Labute approximate surface area is 115 Å². The van der Waals surface area contributed by atoms with E-state index < -0.39 is 30.4 Å². The number of rotatable bonds is 7. The lowest BCUT2D eigenvalue weighted by molar-refractivity contribution is -0.154. The van der Waals surface area contributed by atoms with Gasteiger partial charge >= 0.3 is 17.9 Å². The zero-order valence-electron chi connectivity index (χ0n) is 11.5. The number of hydrogen-bond donors (Lipinski definition) is 1. The molecular formula is C12H17NO7. The fourth-order valence-corrected chi connectivity index (χ4v) is 1.01. The lowest BCUT2D eigenvalue weighted by Gasteiger charge is -2.16. The number of aliphatic carboxylic acids is 1. The van der Waals surface area contributed by atoms with Gasteiger partial charge in [0, 0.05) is 19.2 Å². The Bertz CT molecular complexity index is 414. The third kappa shape index (κ3) is 8.67. The summed E-state index contributed by atoms with van der Waals surface area (Å²) in [5, 5.41) is 8.28. The number of carboxylic acid groups (broad SMARTS) is 1. The van der Waals surface area contributed by atoms with Crippen LogP contribution < -0.4 is 0 Å². The number of likely N-dealkylation sites (N-methyl/N-ethyl adjacent to an activating group) is 1. The molecule has 0 aliphatic heterocycles. The quantitative estimate of drug-likeness (QED) is 0.500. The molecule has 0 radical (unpaired) electrons. The van der Waals surface area contributed by atoms with Crippen LogP contribution >= 0.6 is 0 Å². The van der Waals surface area contributed by atoms with E-state index in [9.17, 15) is 19.2 Å². The Morgan fingerprint density at radius 3 is 2.30 bits per heavy atom. The molecule has 8 heteroatoms. The van der Waals surface area contributed by atoms with E-state index in [2.05, 4.69) is 4.74 Å². The van der Waals surface area contributed by atoms with Crippen molar-refractivity contribution in [3.8, 4) is 0 Å². The molecule has 1 N–H and O–H groups in total. The molecule has 1 amide bonds. The molecule has 0 atom stereocenters. The van der Waals surface area contributed by atoms with E-state index in [-0.39, 0.29) is 12.6 Å². The van der Waals surface area contributed by atoms with E-state index in [1.807, 2.05) is 0 Å². The molecule has 0 aliphatic carbocycles. The summed E-state index contributed by atoms with van der Waals surface area (Å²) in [6.45, 7) is 2.50. The minimum absolute atomic E-state index is 0.264. The first kappa shape index (κ1) is 17.6. The first-order valence-electron chi connectivity index (χ1n) is 5.73. The zero-order valence-corrected chi connectivity index (χ0v) is 11.5. The van der Waals surface area contributed by atoms with Crippen molar-refractivity contribution in [1.82, 2.24) is 4.90 Å². The highest BCUT2D eigenvalue weighted by Crippen LogP contribution is 1.94. The van der Waals surface area contributed by atoms with Crippen molar-refractivity contribution in [1.29, 1.82) is 0 Å². The number of carboxylic acids is 1. The number of esters is 2. The molecule has 0 aromatic carbocycles. The number of carbonyl (C=O) groups excluding carboxylic acids is 3. The molecule has 0 saturated heterocycles. The smallest absolute Gasteiger partial charge is 0.331 e. The third-order valence-corrected chi connectivity index (χ3v) is 1.86. The molecule has 0 fully saturated rings. The number of hydrogen-bond acceptors (Lipinski definition) is 6. The van der Waals surface area contributed by atoms with E-state index in [0.29, 0.717) is 12.2 Å². The molecule has 112 valence electrons. The van der Waals surface area contributed by atoms with E-state index in [0.717, 1.165) is 4.90 Å². The van der Waals surface area contributed by atoms with Gasteiger partial charge in [-0.05, 0) is 13.8 Å². The van der Waals surface area contributed by atoms with Crippen molar-refractivity contribution >= 4 is 23.8 Å². The molecule has 0 aromatic heterocycles. The first-order valence-corrected chi connectivity index (χ1v) is 5.73. The lowest BCUT2D eigenvalue weighted by Crippen LogP contribution is -2.36. The second-order valence-corrected chi connectivity index (χ2v) is 4.07. The summed E-state index contributed by atoms with van der Waals surface area (Å²) >= 11 is 0. The largest absolute Gasteiger partial charge is 0.478 e. The molecule has 20 heavy (non-hydrogen) atoms. The van der Waals surface area contributed by atoms with Crippen LogP contribution in [0.3, 0.4) is 0 Å². The van der Waals surface area contributed by atoms with Gasteiger partial charge in [0.05, 0.1) is 6.10 Å². The Kier molecular flexibility index (Phi) is 7.64. The van der Waals surface area contributed by atoms with Crippen molar-refractivity contribution in [3.63, 3.8) is 0 Å². The van der Waals surface area contributed by atoms with Crippen molar-refractivity contribution in [2.45, 2.75) is 20.0 Å². The van der Waals surface area contributed by atoms with Gasteiger partial charge in [-0.3, -0.25) is 9.59 Å². The normalized spacial score (nSPS) is 10.4. The van der Waals surface area contributed by atoms with Crippen LogP contribution in [0.2, 0.25) is 0 Å². The maximum atomic E-state index is 11.5. The van der Waals surface area contributed by atoms with E-state index in [4.69, 9.17) is 9.84 Å². The molecule has 0 rings (SSSR count). The van der Waals surface area contributed by atoms with Gasteiger partial charge in [0.2, 0.25) is 0 Å². The van der Waals surface area contributed by atoms with Crippen molar-refractivity contribution in [2.24, 2.45) is 0 Å². The van der Waals surface area contributed by atoms with Gasteiger partial charge in [-0.15, -0.1) is 0 Å². The fourth-order valence-electron chi connectivity index (χ4n) is 1.01. The van der Waals surface area contributed by atoms with Gasteiger partial charge in [-0.25, -0.2) is 9.59 Å². The van der Waals surface area contributed by atoms with E-state index in [1.54, 1.807) is 13.8 Å². The topological polar surface area (TPSA) is 110 Å². The third-order valence-electron chi connectivity index (χ3n) is 1.86. The van der Waals surface area contributed by atoms with Gasteiger partial charge < -0.3 is 19.5 Å². The van der Waals surface area contributed by atoms with Gasteiger partial charge in [0.1, 0.15) is 6.54 Å². The minimum atomic E-state index is -1.30. The zero-order chi connectivity index (χ0) is 15.7. The number of ether oxygens (including phenoxy) is 2. The Morgan fingerprint density at radius 1 is 1.20 bits per heavy atom. The number of nitrogens with zero attached hydrogens (tertiary/aromatic N) is 1. The highest BCUT2D eigenvalue weighted by molar-refractivity contribution is 5.92. The van der Waals surface area contributed by atoms with Gasteiger partial charge in [0.15, 0.2) is 6.61 Å². The molecule has 0 unspecified atom stereocenters. The van der Waals surface area contributed by atoms with Crippen LogP contribution in [-0.2, 0) is 28.7 Å². The van der Waals surface area contributed by atoms with Crippen LogP contribution in [0, 0.1) is 0 Å². The van der Waals surface area contributed by atoms with Crippen LogP contribution in [0.5, 0.6) is 0 Å². The number of amides is 1. The standard InChI is InChI=1S/C12H17NO7/c1-8(2)20-12(18)6-13(3)9(14)7-19-11(17)5-4-10(15)16/h4-5,8H,6-7H2,1-3H3,(H,15,16)/b5-4+. The van der Waals surface area contributed by atoms with Crippen molar-refractivity contribution in [2.75, 3.05) is 20.2 Å². The summed E-state index contributed by atoms with van der Waals surface area (Å²) in [5.41, 5.74) is 0. The average Bonchev–Trinajstić information content (AvgIpc) is 2.31. The molecule has 0 aliphatic rings. The summed E-state index contributed by atoms with van der Waals surface area (Å²) in [6, 6.07) is 0. The molecular weight excluding hydrogens is 270 g/mol. The average molecular weight is 287 g/mol. The maximum Gasteiger partial charge on any atom is 0.331 e. The van der Waals surface area contributed by atoms with Crippen molar-refractivity contribution < 1.29 is 33.8 Å². The van der Waals surface area contributed by atoms with Crippen LogP contribution in [0.25, 0.3) is 0 Å². The Hall–Kier alpha value is -2.38. The summed E-state index contributed by atoms with van der Waals surface area (Å²) in [4.78, 5) is 45.0. The van der Waals surface area contributed by atoms with Crippen molar-refractivity contribution in [3.05, 3.63) is 12.2 Å². The van der Waals surface area contributed by atoms with Gasteiger partial charge in [0.25, 0.3) is 5.91 Å². The molecule has 8 nitrogen and oxygen atoms in total. The fraction of sp³-hybridized carbons (Fsp3) is 0.500. The molecule has 0 saturated carbocycles. The molecule has 0 bridgehead atoms. The van der Waals surface area contributed by atoms with E-state index in [1.165, 1.54) is 7.05 Å². The second-order valence-electron chi connectivity index (χ2n) is 4.07. The lowest BCUT2D eigenvalue weighted by atomic mass is 10.4. The summed E-state index contributed by atoms with van der Waals surface area (Å²) in [5.74, 6) is -3.45. The van der Waals surface area contributed by atoms with Gasteiger partial charge in [-0.2, -0.15) is 0 Å². The molecule has 0 aromatic rings. The molecule has 0 spiro atoms. The van der Waals surface area contributed by atoms with Gasteiger partial charge in [-0.1, -0.05) is 0 Å². The van der Waals surface area contributed by atoms with Crippen LogP contribution in [0.15, 0.2) is 12.2 Å². The molecule has 0 heterocycles. The Balaban J connectivity index is 4.11. The second kappa shape index (κ2) is 8.68. The Morgan fingerprint density at radius 2 is 1.80 bits per heavy atom. The predicted octanol–water partition coefficient (Wildman–Crippen LogP) is -0.420. The summed E-state index contributed by atoms with van der Waals surface area (Å²) in [6.07, 6.45) is 0.990. The van der Waals surface area contributed by atoms with Crippen LogP contribution in [0.1, 0.15) is 13.8 Å². The number of carbonyl (C=O) groups is 4. The van der Waals surface area contributed by atoms with E-state index >= 15 is 0 Å².